The molecule has 2 aliphatic rings. The molecular formula is C27H34N4O5S. The molecule has 4 N–H and O–H groups in total. The van der Waals surface area contributed by atoms with Crippen molar-refractivity contribution < 1.29 is 22.7 Å². The normalized spacial score (nSPS) is 18.1. The number of amidine groups is 1. The Morgan fingerprint density at radius 1 is 1.24 bits per heavy atom. The number of esters is 1. The first-order valence-corrected chi connectivity index (χ1v) is 14.1. The second-order valence-electron chi connectivity index (χ2n) is 9.28. The van der Waals surface area contributed by atoms with Crippen molar-refractivity contribution in [2.75, 3.05) is 29.8 Å². The van der Waals surface area contributed by atoms with Crippen LogP contribution < -0.4 is 20.1 Å². The topological polar surface area (TPSA) is 135 Å². The number of fused-ring (bicyclic) bond motifs is 1. The van der Waals surface area contributed by atoms with E-state index in [1.54, 1.807) is 31.2 Å². The van der Waals surface area contributed by atoms with Crippen LogP contribution in [-0.2, 0) is 26.0 Å². The van der Waals surface area contributed by atoms with Crippen molar-refractivity contribution >= 4 is 33.6 Å². The van der Waals surface area contributed by atoms with E-state index in [9.17, 15) is 13.2 Å². The Bertz CT molecular complexity index is 1300. The number of nitrogens with two attached hydrogens (primary N) is 1. The van der Waals surface area contributed by atoms with E-state index in [2.05, 4.69) is 5.32 Å². The van der Waals surface area contributed by atoms with E-state index in [0.717, 1.165) is 48.4 Å². The van der Waals surface area contributed by atoms with Crippen LogP contribution in [-0.4, -0.2) is 57.8 Å². The van der Waals surface area contributed by atoms with Gasteiger partial charge in [0.1, 0.15) is 17.7 Å². The summed E-state index contributed by atoms with van der Waals surface area (Å²) in [5.74, 6) is -0.807. The zero-order valence-electron chi connectivity index (χ0n) is 21.2. The molecule has 0 aliphatic carbocycles. The Kier molecular flexibility index (Phi) is 8.19. The molecule has 1 saturated heterocycles. The van der Waals surface area contributed by atoms with E-state index < -0.39 is 27.8 Å². The maximum absolute atomic E-state index is 13.5. The maximum atomic E-state index is 13.5. The van der Waals surface area contributed by atoms with Gasteiger partial charge in [0.15, 0.2) is 5.75 Å². The van der Waals surface area contributed by atoms with Gasteiger partial charge in [0.25, 0.3) is 0 Å². The molecule has 9 nitrogen and oxygen atoms in total. The summed E-state index contributed by atoms with van der Waals surface area (Å²) in [6.07, 6.45) is 6.03. The van der Waals surface area contributed by atoms with Crippen LogP contribution in [0.5, 0.6) is 5.75 Å². The van der Waals surface area contributed by atoms with Crippen LogP contribution >= 0.6 is 0 Å². The zero-order valence-corrected chi connectivity index (χ0v) is 22.0. The smallest absolute Gasteiger partial charge is 0.323 e. The van der Waals surface area contributed by atoms with Gasteiger partial charge in [-0.1, -0.05) is 30.4 Å². The number of hydrogen-bond donors (Lipinski definition) is 3. The Balaban J connectivity index is 1.68. The molecule has 0 amide bonds. The third-order valence-corrected chi connectivity index (χ3v) is 8.34. The number of nitrogens with zero attached hydrogens (tertiary/aromatic N) is 1. The third-order valence-electron chi connectivity index (χ3n) is 6.67. The molecule has 0 spiro atoms. The van der Waals surface area contributed by atoms with Crippen molar-refractivity contribution in [2.45, 2.75) is 45.3 Å². The molecule has 2 aromatic rings. The molecule has 0 aromatic heterocycles. The molecule has 198 valence electrons. The van der Waals surface area contributed by atoms with Crippen LogP contribution in [0.2, 0.25) is 0 Å². The predicted molar refractivity (Wildman–Crippen MR) is 145 cm³/mol. The minimum absolute atomic E-state index is 0.0425. The van der Waals surface area contributed by atoms with E-state index in [1.165, 1.54) is 4.31 Å². The second kappa shape index (κ2) is 11.4. The monoisotopic (exact) mass is 526 g/mol. The number of carbonyl (C=O) groups excluding carboxylic acids is 1. The number of ether oxygens (including phenoxy) is 2. The van der Waals surface area contributed by atoms with Crippen LogP contribution in [0.3, 0.4) is 0 Å². The van der Waals surface area contributed by atoms with Gasteiger partial charge in [-0.2, -0.15) is 0 Å². The first-order valence-electron chi connectivity index (χ1n) is 12.5. The Morgan fingerprint density at radius 2 is 2.00 bits per heavy atom. The van der Waals surface area contributed by atoms with Gasteiger partial charge >= 0.3 is 5.97 Å². The molecule has 0 radical (unpaired) electrons. The lowest BCUT2D eigenvalue weighted by atomic mass is 10.0. The number of sulfonamides is 1. The summed E-state index contributed by atoms with van der Waals surface area (Å²) in [6, 6.07) is 10.2. The summed E-state index contributed by atoms with van der Waals surface area (Å²) < 4.78 is 39.5. The molecule has 10 heteroatoms. The van der Waals surface area contributed by atoms with Gasteiger partial charge in [-0.25, -0.2) is 8.42 Å². The van der Waals surface area contributed by atoms with Crippen LogP contribution in [0.1, 0.15) is 42.0 Å². The fraction of sp³-hybridized carbons (Fsp3) is 0.407. The molecule has 0 saturated carbocycles. The number of hydrogen-bond acceptors (Lipinski definition) is 7. The van der Waals surface area contributed by atoms with Crippen molar-refractivity contribution in [3.63, 3.8) is 0 Å². The average molecular weight is 527 g/mol. The van der Waals surface area contributed by atoms with Gasteiger partial charge in [0.2, 0.25) is 10.0 Å². The number of carbonyl (C=O) groups is 1. The van der Waals surface area contributed by atoms with Crippen molar-refractivity contribution in [1.82, 2.24) is 5.32 Å². The van der Waals surface area contributed by atoms with E-state index in [0.29, 0.717) is 17.7 Å². The SMILES string of the molecule is CCOC(=O)CS(=O)(=O)N1c2ccc(OC3CCNCC3)c(C)c2CC1/C=C/c1cccc(C(=N)N)c1. The quantitative estimate of drug-likeness (QED) is 0.260. The van der Waals surface area contributed by atoms with Crippen LogP contribution in [0.4, 0.5) is 5.69 Å². The molecule has 2 aliphatic heterocycles. The third kappa shape index (κ3) is 6.14. The van der Waals surface area contributed by atoms with E-state index in [-0.39, 0.29) is 18.5 Å². The molecule has 2 aromatic carbocycles. The molecule has 1 atom stereocenters. The highest BCUT2D eigenvalue weighted by molar-refractivity contribution is 7.93. The van der Waals surface area contributed by atoms with E-state index in [4.69, 9.17) is 20.6 Å². The largest absolute Gasteiger partial charge is 0.490 e. The zero-order chi connectivity index (χ0) is 26.6. The van der Waals surface area contributed by atoms with Crippen LogP contribution in [0.15, 0.2) is 42.5 Å². The van der Waals surface area contributed by atoms with Crippen molar-refractivity contribution in [2.24, 2.45) is 5.73 Å². The Labute approximate surface area is 218 Å². The molecule has 1 unspecified atom stereocenters. The maximum Gasteiger partial charge on any atom is 0.323 e. The summed E-state index contributed by atoms with van der Waals surface area (Å²) in [6.45, 7) is 5.52. The van der Waals surface area contributed by atoms with Crippen molar-refractivity contribution in [1.29, 1.82) is 5.41 Å². The Hall–Kier alpha value is -3.37. The van der Waals surface area contributed by atoms with Gasteiger partial charge in [-0.15, -0.1) is 0 Å². The fourth-order valence-electron chi connectivity index (χ4n) is 4.83. The van der Waals surface area contributed by atoms with Crippen LogP contribution in [0, 0.1) is 12.3 Å². The lowest BCUT2D eigenvalue weighted by Crippen LogP contribution is -2.40. The minimum atomic E-state index is -4.02. The van der Waals surface area contributed by atoms with Gasteiger partial charge in [-0.05, 0) is 81.1 Å². The summed E-state index contributed by atoms with van der Waals surface area (Å²) in [5.41, 5.74) is 9.32. The molecule has 2 heterocycles. The lowest BCUT2D eigenvalue weighted by Gasteiger charge is -2.26. The van der Waals surface area contributed by atoms with Crippen molar-refractivity contribution in [3.05, 3.63) is 64.7 Å². The van der Waals surface area contributed by atoms with Gasteiger partial charge in [0.05, 0.1) is 18.3 Å². The fourth-order valence-corrected chi connectivity index (χ4v) is 6.38. The Morgan fingerprint density at radius 3 is 2.70 bits per heavy atom. The van der Waals surface area contributed by atoms with Crippen molar-refractivity contribution in [3.8, 4) is 5.75 Å². The minimum Gasteiger partial charge on any atom is -0.490 e. The average Bonchev–Trinajstić information content (AvgIpc) is 3.25. The first kappa shape index (κ1) is 26.7. The summed E-state index contributed by atoms with van der Waals surface area (Å²) in [4.78, 5) is 12.2. The van der Waals surface area contributed by atoms with Crippen LogP contribution in [0.25, 0.3) is 6.08 Å². The molecule has 4 rings (SSSR count). The summed E-state index contributed by atoms with van der Waals surface area (Å²) in [5, 5.41) is 11.0. The lowest BCUT2D eigenvalue weighted by molar-refractivity contribution is -0.139. The number of nitrogens with one attached hydrogen (secondary N) is 2. The standard InChI is InChI=1S/C27H34N4O5S/c1-3-35-26(32)17-37(33,34)31-21(8-7-19-5-4-6-20(15-19)27(28)29)16-23-18(2)25(10-9-24(23)31)36-22-11-13-30-14-12-22/h4-10,15,21-22,30H,3,11-14,16-17H2,1-2H3,(H3,28,29)/b8-7+. The van der Waals surface area contributed by atoms with E-state index in [1.807, 2.05) is 31.2 Å². The summed E-state index contributed by atoms with van der Waals surface area (Å²) in [7, 11) is -4.02. The highest BCUT2D eigenvalue weighted by atomic mass is 32.2. The van der Waals surface area contributed by atoms with Gasteiger partial charge < -0.3 is 20.5 Å². The highest BCUT2D eigenvalue weighted by Gasteiger charge is 2.39. The molecule has 37 heavy (non-hydrogen) atoms. The highest BCUT2D eigenvalue weighted by Crippen LogP contribution is 2.41. The predicted octanol–water partition coefficient (Wildman–Crippen LogP) is 2.75. The molecule has 1 fully saturated rings. The summed E-state index contributed by atoms with van der Waals surface area (Å²) >= 11 is 0. The molecule has 0 bridgehead atoms. The second-order valence-corrected chi connectivity index (χ2v) is 11.1. The van der Waals surface area contributed by atoms with Gasteiger partial charge in [0, 0.05) is 5.56 Å². The number of benzene rings is 2. The van der Waals surface area contributed by atoms with E-state index >= 15 is 0 Å². The number of piperidine rings is 1. The number of rotatable bonds is 9. The van der Waals surface area contributed by atoms with Gasteiger partial charge in [-0.3, -0.25) is 14.5 Å². The number of nitrogen functional groups attached to an aromatic ring is 1. The molecular weight excluding hydrogens is 492 g/mol. The number of anilines is 1. The first-order chi connectivity index (χ1) is 17.7.